The summed E-state index contributed by atoms with van der Waals surface area (Å²) in [5.74, 6) is -1.12. The maximum absolute atomic E-state index is 12.9. The van der Waals surface area contributed by atoms with Crippen LogP contribution in [0.3, 0.4) is 0 Å². The molecule has 118 valence electrons. The lowest BCUT2D eigenvalue weighted by Crippen LogP contribution is -2.58. The van der Waals surface area contributed by atoms with Crippen LogP contribution in [-0.2, 0) is 14.3 Å². The molecule has 1 aliphatic rings. The van der Waals surface area contributed by atoms with Gasteiger partial charge in [0.15, 0.2) is 5.11 Å². The molecule has 1 saturated heterocycles. The van der Waals surface area contributed by atoms with E-state index < -0.39 is 12.0 Å². The first kappa shape index (κ1) is 16.2. The van der Waals surface area contributed by atoms with E-state index in [1.165, 1.54) is 19.2 Å². The van der Waals surface area contributed by atoms with E-state index in [9.17, 15) is 14.0 Å². The number of benzene rings is 1. The topological polar surface area (TPSA) is 70.7 Å². The third-order valence-corrected chi connectivity index (χ3v) is 3.61. The van der Waals surface area contributed by atoms with E-state index in [0.717, 1.165) is 0 Å². The monoisotopic (exact) mass is 325 g/mol. The van der Waals surface area contributed by atoms with Crippen LogP contribution in [0.25, 0.3) is 0 Å². The maximum atomic E-state index is 12.9. The Kier molecular flexibility index (Phi) is 5.26. The molecular formula is C14H16FN3O3S. The summed E-state index contributed by atoms with van der Waals surface area (Å²) >= 11 is 5.30. The molecule has 1 aromatic rings. The number of hydrogen-bond acceptors (Lipinski definition) is 4. The number of nitrogens with zero attached hydrogens (tertiary/aromatic N) is 1. The maximum Gasteiger partial charge on any atom is 0.308 e. The van der Waals surface area contributed by atoms with Crippen LogP contribution in [0.4, 0.5) is 10.1 Å². The van der Waals surface area contributed by atoms with Gasteiger partial charge in [-0.2, -0.15) is 0 Å². The Morgan fingerprint density at radius 1 is 1.50 bits per heavy atom. The standard InChI is InChI=1S/C14H16FN3O3S/c1-21-12(19)8-11-13(20)16-6-7-18(11)14(22)17-10-4-2-9(15)3-5-10/h2-5,11H,6-8H2,1H3,(H,16,20)(H,17,22)/t11-/m1/s1. The second-order valence-electron chi connectivity index (χ2n) is 4.72. The predicted molar refractivity (Wildman–Crippen MR) is 82.8 cm³/mol. The van der Waals surface area contributed by atoms with Gasteiger partial charge in [0.2, 0.25) is 5.91 Å². The Bertz CT molecular complexity index is 579. The number of methoxy groups -OCH3 is 1. The Hall–Kier alpha value is -2.22. The number of carbonyl (C=O) groups is 2. The van der Waals surface area contributed by atoms with Gasteiger partial charge in [-0.05, 0) is 36.5 Å². The molecule has 2 rings (SSSR count). The normalized spacial score (nSPS) is 17.6. The molecule has 1 atom stereocenters. The zero-order chi connectivity index (χ0) is 16.1. The van der Waals surface area contributed by atoms with Gasteiger partial charge in [0.05, 0.1) is 13.5 Å². The van der Waals surface area contributed by atoms with Gasteiger partial charge in [0.1, 0.15) is 11.9 Å². The summed E-state index contributed by atoms with van der Waals surface area (Å²) < 4.78 is 17.5. The number of nitrogens with one attached hydrogen (secondary N) is 2. The predicted octanol–water partition coefficient (Wildman–Crippen LogP) is 0.886. The van der Waals surface area contributed by atoms with Crippen molar-refractivity contribution in [3.05, 3.63) is 30.1 Å². The second kappa shape index (κ2) is 7.17. The van der Waals surface area contributed by atoms with Crippen LogP contribution < -0.4 is 10.6 Å². The summed E-state index contributed by atoms with van der Waals surface area (Å²) in [6.07, 6.45) is -0.0897. The van der Waals surface area contributed by atoms with Gasteiger partial charge in [-0.15, -0.1) is 0 Å². The van der Waals surface area contributed by atoms with Gasteiger partial charge in [0.25, 0.3) is 0 Å². The molecular weight excluding hydrogens is 309 g/mol. The summed E-state index contributed by atoms with van der Waals surface area (Å²) in [6.45, 7) is 0.905. The van der Waals surface area contributed by atoms with E-state index in [-0.39, 0.29) is 18.1 Å². The van der Waals surface area contributed by atoms with Gasteiger partial charge in [-0.25, -0.2) is 4.39 Å². The molecule has 0 radical (unpaired) electrons. The minimum absolute atomic E-state index is 0.0897. The molecule has 0 unspecified atom stereocenters. The van der Waals surface area contributed by atoms with E-state index in [2.05, 4.69) is 15.4 Å². The van der Waals surface area contributed by atoms with Crippen LogP contribution in [-0.4, -0.2) is 48.1 Å². The SMILES string of the molecule is COC(=O)C[C@@H]1C(=O)NCCN1C(=S)Nc1ccc(F)cc1. The van der Waals surface area contributed by atoms with Crippen LogP contribution >= 0.6 is 12.2 Å². The van der Waals surface area contributed by atoms with E-state index in [1.54, 1.807) is 17.0 Å². The van der Waals surface area contributed by atoms with Crippen molar-refractivity contribution in [2.75, 3.05) is 25.5 Å². The first-order valence-corrected chi connectivity index (χ1v) is 7.10. The molecule has 1 aromatic carbocycles. The fraction of sp³-hybridized carbons (Fsp3) is 0.357. The Morgan fingerprint density at radius 3 is 2.82 bits per heavy atom. The number of ether oxygens (including phenoxy) is 1. The highest BCUT2D eigenvalue weighted by molar-refractivity contribution is 7.80. The quantitative estimate of drug-likeness (QED) is 0.635. The molecule has 6 nitrogen and oxygen atoms in total. The highest BCUT2D eigenvalue weighted by Gasteiger charge is 2.33. The number of piperazine rings is 1. The van der Waals surface area contributed by atoms with Crippen LogP contribution in [0.5, 0.6) is 0 Å². The first-order valence-electron chi connectivity index (χ1n) is 6.69. The molecule has 1 aliphatic heterocycles. The minimum Gasteiger partial charge on any atom is -0.469 e. The van der Waals surface area contributed by atoms with Crippen molar-refractivity contribution in [2.24, 2.45) is 0 Å². The number of amides is 1. The largest absolute Gasteiger partial charge is 0.469 e. The van der Waals surface area contributed by atoms with Gasteiger partial charge >= 0.3 is 5.97 Å². The molecule has 0 spiro atoms. The number of anilines is 1. The molecule has 8 heteroatoms. The lowest BCUT2D eigenvalue weighted by Gasteiger charge is -2.36. The van der Waals surface area contributed by atoms with E-state index in [4.69, 9.17) is 12.2 Å². The van der Waals surface area contributed by atoms with Crippen LogP contribution in [0.1, 0.15) is 6.42 Å². The molecule has 0 aromatic heterocycles. The van der Waals surface area contributed by atoms with Crippen molar-refractivity contribution < 1.29 is 18.7 Å². The highest BCUT2D eigenvalue weighted by atomic mass is 32.1. The van der Waals surface area contributed by atoms with Crippen molar-refractivity contribution in [3.8, 4) is 0 Å². The number of rotatable bonds is 3. The third kappa shape index (κ3) is 3.91. The number of thiocarbonyl (C=S) groups is 1. The molecule has 1 heterocycles. The molecule has 22 heavy (non-hydrogen) atoms. The summed E-state index contributed by atoms with van der Waals surface area (Å²) in [5.41, 5.74) is 0.606. The van der Waals surface area contributed by atoms with Crippen molar-refractivity contribution in [1.29, 1.82) is 0 Å². The van der Waals surface area contributed by atoms with Gasteiger partial charge in [-0.1, -0.05) is 0 Å². The van der Waals surface area contributed by atoms with E-state index in [0.29, 0.717) is 23.9 Å². The molecule has 0 aliphatic carbocycles. The van der Waals surface area contributed by atoms with Crippen molar-refractivity contribution >= 4 is 34.9 Å². The second-order valence-corrected chi connectivity index (χ2v) is 5.10. The van der Waals surface area contributed by atoms with Crippen LogP contribution in [0.15, 0.2) is 24.3 Å². The number of halogens is 1. The molecule has 1 fully saturated rings. The zero-order valence-electron chi connectivity index (χ0n) is 12.0. The van der Waals surface area contributed by atoms with Crippen LogP contribution in [0.2, 0.25) is 0 Å². The summed E-state index contributed by atoms with van der Waals surface area (Å²) in [5, 5.41) is 5.93. The molecule has 2 N–H and O–H groups in total. The minimum atomic E-state index is -0.721. The van der Waals surface area contributed by atoms with Gasteiger partial charge in [-0.3, -0.25) is 9.59 Å². The molecule has 0 saturated carbocycles. The molecule has 0 bridgehead atoms. The van der Waals surface area contributed by atoms with Crippen molar-refractivity contribution in [3.63, 3.8) is 0 Å². The lowest BCUT2D eigenvalue weighted by atomic mass is 10.1. The van der Waals surface area contributed by atoms with Crippen molar-refractivity contribution in [2.45, 2.75) is 12.5 Å². The number of hydrogen-bond donors (Lipinski definition) is 2. The highest BCUT2D eigenvalue weighted by Crippen LogP contribution is 2.14. The number of carbonyl (C=O) groups excluding carboxylic acids is 2. The zero-order valence-corrected chi connectivity index (χ0v) is 12.8. The van der Waals surface area contributed by atoms with Gasteiger partial charge < -0.3 is 20.3 Å². The van der Waals surface area contributed by atoms with Crippen molar-refractivity contribution in [1.82, 2.24) is 10.2 Å². The summed E-state index contributed by atoms with van der Waals surface area (Å²) in [6, 6.07) is 4.98. The van der Waals surface area contributed by atoms with Gasteiger partial charge in [0, 0.05) is 18.8 Å². The molecule has 1 amide bonds. The lowest BCUT2D eigenvalue weighted by molar-refractivity contribution is -0.144. The average Bonchev–Trinajstić information content (AvgIpc) is 2.51. The van der Waals surface area contributed by atoms with Crippen LogP contribution in [0, 0.1) is 5.82 Å². The Labute approximate surface area is 132 Å². The van der Waals surface area contributed by atoms with E-state index >= 15 is 0 Å². The Balaban J connectivity index is 2.09. The third-order valence-electron chi connectivity index (χ3n) is 3.27. The average molecular weight is 325 g/mol. The number of esters is 1. The summed E-state index contributed by atoms with van der Waals surface area (Å²) in [7, 11) is 1.27. The van der Waals surface area contributed by atoms with E-state index in [1.807, 2.05) is 0 Å². The summed E-state index contributed by atoms with van der Waals surface area (Å²) in [4.78, 5) is 25.0. The fourth-order valence-electron chi connectivity index (χ4n) is 2.13. The smallest absolute Gasteiger partial charge is 0.308 e. The Morgan fingerprint density at radius 2 is 2.18 bits per heavy atom. The first-order chi connectivity index (χ1) is 10.5. The fourth-order valence-corrected chi connectivity index (χ4v) is 2.47.